The van der Waals surface area contributed by atoms with E-state index in [9.17, 15) is 14.4 Å². The number of hydrogen-bond acceptors (Lipinski definition) is 5. The van der Waals surface area contributed by atoms with Crippen LogP contribution in [-0.4, -0.2) is 31.1 Å². The third-order valence-electron chi connectivity index (χ3n) is 5.44. The number of benzene rings is 3. The van der Waals surface area contributed by atoms with Crippen molar-refractivity contribution in [2.45, 2.75) is 6.54 Å². The van der Waals surface area contributed by atoms with Gasteiger partial charge in [0.15, 0.2) is 5.43 Å². The van der Waals surface area contributed by atoms with E-state index >= 15 is 0 Å². The molecule has 3 aromatic carbocycles. The zero-order valence-electron chi connectivity index (χ0n) is 18.5. The summed E-state index contributed by atoms with van der Waals surface area (Å²) < 4.78 is 10.5. The largest absolute Gasteiger partial charge is 0.496 e. The van der Waals surface area contributed by atoms with Gasteiger partial charge in [-0.1, -0.05) is 41.9 Å². The molecule has 0 aliphatic rings. The monoisotopic (exact) mass is 476 g/mol. The van der Waals surface area contributed by atoms with E-state index in [-0.39, 0.29) is 17.8 Å². The lowest BCUT2D eigenvalue weighted by molar-refractivity contribution is 0.0592. The van der Waals surface area contributed by atoms with Crippen LogP contribution in [0.4, 0.5) is 0 Å². The standard InChI is InChI=1S/C26H21ClN2O5/c1-33-20-13-12-18-22(21(20)15-6-4-3-5-7-15)29-23(26(32)34-2)19(24(18)30)14-28-25(31)16-8-10-17(27)11-9-16/h3-13H,14H2,1-2H3,(H,28,31)(H,29,30). The number of halogens is 1. The van der Waals surface area contributed by atoms with Crippen molar-refractivity contribution in [1.29, 1.82) is 0 Å². The van der Waals surface area contributed by atoms with Crippen LogP contribution in [0.1, 0.15) is 26.4 Å². The average Bonchev–Trinajstić information content (AvgIpc) is 2.87. The van der Waals surface area contributed by atoms with Crippen molar-refractivity contribution in [3.8, 4) is 16.9 Å². The Labute approximate surface area is 200 Å². The Hall–Kier alpha value is -4.10. The number of ether oxygens (including phenoxy) is 2. The summed E-state index contributed by atoms with van der Waals surface area (Å²) in [5.41, 5.74) is 1.90. The van der Waals surface area contributed by atoms with Crippen molar-refractivity contribution >= 4 is 34.4 Å². The minimum atomic E-state index is -0.725. The molecule has 0 fully saturated rings. The SMILES string of the molecule is COC(=O)c1[nH]c2c(-c3ccccc3)c(OC)ccc2c(=O)c1CNC(=O)c1ccc(Cl)cc1. The molecular weight excluding hydrogens is 456 g/mol. The summed E-state index contributed by atoms with van der Waals surface area (Å²) in [6, 6.07) is 19.0. The van der Waals surface area contributed by atoms with E-state index in [1.165, 1.54) is 14.2 Å². The van der Waals surface area contributed by atoms with E-state index in [1.54, 1.807) is 36.4 Å². The molecule has 172 valence electrons. The number of esters is 1. The lowest BCUT2D eigenvalue weighted by Crippen LogP contribution is -2.29. The Kier molecular flexibility index (Phi) is 6.65. The molecule has 4 aromatic rings. The van der Waals surface area contributed by atoms with Gasteiger partial charge in [0.05, 0.1) is 25.3 Å². The maximum absolute atomic E-state index is 13.5. The zero-order chi connectivity index (χ0) is 24.2. The van der Waals surface area contributed by atoms with Gasteiger partial charge in [-0.2, -0.15) is 0 Å². The second kappa shape index (κ2) is 9.80. The minimum Gasteiger partial charge on any atom is -0.496 e. The van der Waals surface area contributed by atoms with Crippen LogP contribution < -0.4 is 15.5 Å². The molecule has 0 spiro atoms. The molecule has 0 unspecified atom stereocenters. The van der Waals surface area contributed by atoms with E-state index < -0.39 is 17.3 Å². The number of pyridine rings is 1. The molecule has 0 radical (unpaired) electrons. The molecule has 7 nitrogen and oxygen atoms in total. The van der Waals surface area contributed by atoms with Gasteiger partial charge in [0.2, 0.25) is 0 Å². The first-order valence-electron chi connectivity index (χ1n) is 10.4. The highest BCUT2D eigenvalue weighted by Crippen LogP contribution is 2.35. The van der Waals surface area contributed by atoms with E-state index in [1.807, 2.05) is 30.3 Å². The van der Waals surface area contributed by atoms with E-state index in [0.29, 0.717) is 32.8 Å². The fraction of sp³-hybridized carbons (Fsp3) is 0.115. The fourth-order valence-electron chi connectivity index (χ4n) is 3.76. The number of methoxy groups -OCH3 is 2. The molecule has 0 saturated heterocycles. The number of fused-ring (bicyclic) bond motifs is 1. The fourth-order valence-corrected chi connectivity index (χ4v) is 3.88. The molecule has 0 atom stereocenters. The maximum Gasteiger partial charge on any atom is 0.354 e. The molecule has 4 rings (SSSR count). The summed E-state index contributed by atoms with van der Waals surface area (Å²) in [6.07, 6.45) is 0. The van der Waals surface area contributed by atoms with Gasteiger partial charge in [-0.05, 0) is 42.0 Å². The number of rotatable bonds is 6. The highest BCUT2D eigenvalue weighted by molar-refractivity contribution is 6.30. The molecule has 0 aliphatic heterocycles. The van der Waals surface area contributed by atoms with Gasteiger partial charge in [0.1, 0.15) is 11.4 Å². The lowest BCUT2D eigenvalue weighted by Gasteiger charge is -2.16. The Balaban J connectivity index is 1.85. The number of carbonyl (C=O) groups excluding carboxylic acids is 2. The number of aromatic amines is 1. The van der Waals surface area contributed by atoms with Gasteiger partial charge < -0.3 is 19.8 Å². The van der Waals surface area contributed by atoms with Crippen molar-refractivity contribution in [2.24, 2.45) is 0 Å². The van der Waals surface area contributed by atoms with Crippen molar-refractivity contribution in [3.63, 3.8) is 0 Å². The molecule has 8 heteroatoms. The summed E-state index contributed by atoms with van der Waals surface area (Å²) in [4.78, 5) is 41.8. The Morgan fingerprint density at radius 3 is 2.32 bits per heavy atom. The molecule has 0 aliphatic carbocycles. The first-order chi connectivity index (χ1) is 16.4. The van der Waals surface area contributed by atoms with Gasteiger partial charge in [-0.25, -0.2) is 4.79 Å². The number of aromatic nitrogens is 1. The molecule has 1 amide bonds. The molecule has 1 aromatic heterocycles. The van der Waals surface area contributed by atoms with Crippen LogP contribution in [0.15, 0.2) is 71.5 Å². The van der Waals surface area contributed by atoms with Crippen LogP contribution in [0.2, 0.25) is 5.02 Å². The van der Waals surface area contributed by atoms with E-state index in [0.717, 1.165) is 5.56 Å². The highest BCUT2D eigenvalue weighted by Gasteiger charge is 2.22. The van der Waals surface area contributed by atoms with Crippen molar-refractivity contribution in [3.05, 3.63) is 98.8 Å². The summed E-state index contributed by atoms with van der Waals surface area (Å²) in [6.45, 7) is -0.177. The topological polar surface area (TPSA) is 97.5 Å². The Morgan fingerprint density at radius 2 is 1.68 bits per heavy atom. The minimum absolute atomic E-state index is 0.0400. The predicted octanol–water partition coefficient (Wildman–Crippen LogP) is 4.57. The quantitative estimate of drug-likeness (QED) is 0.397. The van der Waals surface area contributed by atoms with Crippen LogP contribution in [0, 0.1) is 0 Å². The number of amides is 1. The van der Waals surface area contributed by atoms with Gasteiger partial charge in [0.25, 0.3) is 5.91 Å². The Morgan fingerprint density at radius 1 is 0.971 bits per heavy atom. The van der Waals surface area contributed by atoms with Crippen LogP contribution in [0.3, 0.4) is 0 Å². The third kappa shape index (κ3) is 4.38. The first-order valence-corrected chi connectivity index (χ1v) is 10.8. The average molecular weight is 477 g/mol. The molecular formula is C26H21ClN2O5. The summed E-state index contributed by atoms with van der Waals surface area (Å²) >= 11 is 5.88. The third-order valence-corrected chi connectivity index (χ3v) is 5.69. The van der Waals surface area contributed by atoms with Crippen LogP contribution in [0.5, 0.6) is 5.75 Å². The predicted molar refractivity (Wildman–Crippen MR) is 131 cm³/mol. The summed E-state index contributed by atoms with van der Waals surface area (Å²) in [5.74, 6) is -0.600. The van der Waals surface area contributed by atoms with Gasteiger partial charge >= 0.3 is 5.97 Å². The summed E-state index contributed by atoms with van der Waals surface area (Å²) in [5, 5.41) is 3.54. The molecule has 0 bridgehead atoms. The van der Waals surface area contributed by atoms with Crippen molar-refractivity contribution in [2.75, 3.05) is 14.2 Å². The van der Waals surface area contributed by atoms with Crippen LogP contribution >= 0.6 is 11.6 Å². The number of nitrogens with one attached hydrogen (secondary N) is 2. The van der Waals surface area contributed by atoms with Crippen LogP contribution in [0.25, 0.3) is 22.0 Å². The zero-order valence-corrected chi connectivity index (χ0v) is 19.2. The first kappa shape index (κ1) is 23.1. The van der Waals surface area contributed by atoms with Crippen molar-refractivity contribution < 1.29 is 19.1 Å². The number of H-pyrrole nitrogens is 1. The molecule has 0 saturated carbocycles. The van der Waals surface area contributed by atoms with Gasteiger partial charge in [0, 0.05) is 28.1 Å². The van der Waals surface area contributed by atoms with Gasteiger partial charge in [-0.3, -0.25) is 9.59 Å². The van der Waals surface area contributed by atoms with Crippen molar-refractivity contribution in [1.82, 2.24) is 10.3 Å². The lowest BCUT2D eigenvalue weighted by atomic mass is 9.98. The van der Waals surface area contributed by atoms with Gasteiger partial charge in [-0.15, -0.1) is 0 Å². The molecule has 34 heavy (non-hydrogen) atoms. The second-order valence-corrected chi connectivity index (χ2v) is 7.86. The molecule has 1 heterocycles. The highest BCUT2D eigenvalue weighted by atomic mass is 35.5. The Bertz CT molecular complexity index is 1430. The van der Waals surface area contributed by atoms with E-state index in [2.05, 4.69) is 10.3 Å². The van der Waals surface area contributed by atoms with Crippen LogP contribution in [-0.2, 0) is 11.3 Å². The van der Waals surface area contributed by atoms with E-state index in [4.69, 9.17) is 21.1 Å². The maximum atomic E-state index is 13.5. The smallest absolute Gasteiger partial charge is 0.354 e. The summed E-state index contributed by atoms with van der Waals surface area (Å²) in [7, 11) is 2.76. The number of carbonyl (C=O) groups is 2. The second-order valence-electron chi connectivity index (χ2n) is 7.42. The molecule has 2 N–H and O–H groups in total. The normalized spacial score (nSPS) is 10.7. The number of hydrogen-bond donors (Lipinski definition) is 2.